The van der Waals surface area contributed by atoms with Crippen molar-refractivity contribution in [3.05, 3.63) is 34.4 Å². The maximum Gasteiger partial charge on any atom is 0.202 e. The Morgan fingerprint density at radius 3 is 2.72 bits per heavy atom. The molecular weight excluding hydrogens is 414 g/mol. The first-order valence-corrected chi connectivity index (χ1v) is 10.5. The molecule has 3 N–H and O–H groups in total. The van der Waals surface area contributed by atoms with Crippen LogP contribution in [0.5, 0.6) is 0 Å². The fourth-order valence-electron chi connectivity index (χ4n) is 4.74. The van der Waals surface area contributed by atoms with E-state index in [1.54, 1.807) is 12.3 Å². The van der Waals surface area contributed by atoms with Crippen LogP contribution in [0, 0.1) is 5.41 Å². The van der Waals surface area contributed by atoms with Gasteiger partial charge in [0.1, 0.15) is 17.5 Å². The predicted molar refractivity (Wildman–Crippen MR) is 113 cm³/mol. The number of hydrogen-bond acceptors (Lipinski definition) is 5. The summed E-state index contributed by atoms with van der Waals surface area (Å²) in [4.78, 5) is 11.5. The third kappa shape index (κ3) is 3.07. The molecule has 1 spiro atoms. The van der Waals surface area contributed by atoms with Gasteiger partial charge >= 0.3 is 0 Å². The number of fused-ring (bicyclic) bond motifs is 1. The average Bonchev–Trinajstić information content (AvgIpc) is 3.27. The van der Waals surface area contributed by atoms with Crippen molar-refractivity contribution in [2.75, 3.05) is 18.0 Å². The van der Waals surface area contributed by atoms with Crippen LogP contribution in [0.15, 0.2) is 24.4 Å². The number of aromatic amines is 1. The number of nitrogens with zero attached hydrogens (tertiary/aromatic N) is 4. The summed E-state index contributed by atoms with van der Waals surface area (Å²) in [7, 11) is 0. The summed E-state index contributed by atoms with van der Waals surface area (Å²) < 4.78 is 13.9. The average molecular weight is 435 g/mol. The van der Waals surface area contributed by atoms with Crippen molar-refractivity contribution in [2.45, 2.75) is 37.9 Å². The van der Waals surface area contributed by atoms with Gasteiger partial charge in [0.25, 0.3) is 0 Å². The van der Waals surface area contributed by atoms with Gasteiger partial charge in [0.05, 0.1) is 21.9 Å². The van der Waals surface area contributed by atoms with Crippen LogP contribution in [-0.4, -0.2) is 45.5 Å². The van der Waals surface area contributed by atoms with Gasteiger partial charge in [0.2, 0.25) is 5.65 Å². The smallest absolute Gasteiger partial charge is 0.202 e. The zero-order valence-corrected chi connectivity index (χ0v) is 17.2. The van der Waals surface area contributed by atoms with E-state index in [9.17, 15) is 4.39 Å². The number of halogens is 3. The number of benzene rings is 1. The van der Waals surface area contributed by atoms with E-state index in [-0.39, 0.29) is 11.5 Å². The lowest BCUT2D eigenvalue weighted by Gasteiger charge is -2.42. The van der Waals surface area contributed by atoms with Crippen LogP contribution in [0.4, 0.5) is 10.2 Å². The Hall–Kier alpha value is -1.96. The molecule has 1 aromatic carbocycles. The number of aromatic nitrogens is 4. The zero-order valence-electron chi connectivity index (χ0n) is 15.7. The number of anilines is 1. The van der Waals surface area contributed by atoms with E-state index in [1.165, 1.54) is 0 Å². The van der Waals surface area contributed by atoms with Gasteiger partial charge < -0.3 is 10.6 Å². The second kappa shape index (κ2) is 7.07. The van der Waals surface area contributed by atoms with E-state index < -0.39 is 6.17 Å². The maximum atomic E-state index is 13.9. The van der Waals surface area contributed by atoms with Crippen molar-refractivity contribution < 1.29 is 4.39 Å². The number of hydrogen-bond donors (Lipinski definition) is 2. The molecule has 152 valence electrons. The largest absolute Gasteiger partial charge is 0.355 e. The number of H-pyrrole nitrogens is 1. The first-order chi connectivity index (χ1) is 14.0. The first-order valence-electron chi connectivity index (χ1n) is 9.79. The molecule has 0 radical (unpaired) electrons. The minimum atomic E-state index is -0.876. The molecule has 2 aromatic heterocycles. The minimum absolute atomic E-state index is 0.0731. The Morgan fingerprint density at radius 2 is 2.00 bits per heavy atom. The van der Waals surface area contributed by atoms with E-state index in [4.69, 9.17) is 28.9 Å². The first kappa shape index (κ1) is 19.0. The molecule has 5 rings (SSSR count). The van der Waals surface area contributed by atoms with Crippen LogP contribution in [0.1, 0.15) is 25.7 Å². The molecule has 1 aliphatic heterocycles. The topological polar surface area (TPSA) is 83.7 Å². The monoisotopic (exact) mass is 434 g/mol. The van der Waals surface area contributed by atoms with Crippen LogP contribution in [-0.2, 0) is 0 Å². The lowest BCUT2D eigenvalue weighted by Crippen LogP contribution is -2.49. The summed E-state index contributed by atoms with van der Waals surface area (Å²) in [6.07, 6.45) is 4.07. The van der Waals surface area contributed by atoms with E-state index in [0.717, 1.165) is 43.7 Å². The molecule has 2 fully saturated rings. The quantitative estimate of drug-likeness (QED) is 0.625. The molecule has 2 aliphatic rings. The van der Waals surface area contributed by atoms with Gasteiger partial charge in [-0.2, -0.15) is 5.10 Å². The molecule has 1 saturated heterocycles. The van der Waals surface area contributed by atoms with Gasteiger partial charge in [-0.25, -0.2) is 14.4 Å². The molecule has 6 nitrogen and oxygen atoms in total. The lowest BCUT2D eigenvalue weighted by atomic mass is 9.74. The van der Waals surface area contributed by atoms with Gasteiger partial charge in [0.15, 0.2) is 0 Å². The summed E-state index contributed by atoms with van der Waals surface area (Å²) >= 11 is 12.5. The third-order valence-corrected chi connectivity index (χ3v) is 7.39. The summed E-state index contributed by atoms with van der Waals surface area (Å²) in [6.45, 7) is 1.58. The molecule has 3 heterocycles. The van der Waals surface area contributed by atoms with Crippen molar-refractivity contribution in [3.63, 3.8) is 0 Å². The zero-order chi connectivity index (χ0) is 20.2. The van der Waals surface area contributed by atoms with Gasteiger partial charge in [0, 0.05) is 24.7 Å². The molecular formula is C20H21Cl2FN6. The van der Waals surface area contributed by atoms with Gasteiger partial charge in [-0.05, 0) is 37.2 Å². The van der Waals surface area contributed by atoms with Crippen LogP contribution in [0.3, 0.4) is 0 Å². The van der Waals surface area contributed by atoms with Crippen molar-refractivity contribution >= 4 is 40.2 Å². The molecule has 9 heteroatoms. The number of rotatable bonds is 2. The molecule has 0 bridgehead atoms. The number of alkyl halides is 1. The standard InChI is InChI=1S/C20H21Cl2FN6/c21-12-3-1-2-11(15(12)22)16-17-19(28-27-16)26-14(10-25-17)29-8-6-20(7-9-29)5-4-13(23)18(20)24/h1-3,10,13,18H,4-9,24H2,(H,26,27,28)/t13-,18?/m0/s1. The summed E-state index contributed by atoms with van der Waals surface area (Å²) in [5, 5.41) is 8.22. The fourth-order valence-corrected chi connectivity index (χ4v) is 5.14. The number of nitrogens with one attached hydrogen (secondary N) is 1. The second-order valence-electron chi connectivity index (χ2n) is 8.03. The van der Waals surface area contributed by atoms with Crippen molar-refractivity contribution in [3.8, 4) is 11.3 Å². The van der Waals surface area contributed by atoms with Crippen LogP contribution in [0.2, 0.25) is 10.0 Å². The minimum Gasteiger partial charge on any atom is -0.355 e. The lowest BCUT2D eigenvalue weighted by molar-refractivity contribution is 0.167. The molecule has 0 amide bonds. The molecule has 1 unspecified atom stereocenters. The highest BCUT2D eigenvalue weighted by Crippen LogP contribution is 2.47. The van der Waals surface area contributed by atoms with E-state index in [1.807, 2.05) is 12.1 Å². The summed E-state index contributed by atoms with van der Waals surface area (Å²) in [5.41, 5.74) is 8.69. The van der Waals surface area contributed by atoms with Gasteiger partial charge in [-0.15, -0.1) is 0 Å². The van der Waals surface area contributed by atoms with E-state index in [0.29, 0.717) is 33.3 Å². The SMILES string of the molecule is NC1[C@@H](F)CCC12CCN(c1cnc3c(-c4cccc(Cl)c4Cl)[nH]nc3n1)CC2. The maximum absolute atomic E-state index is 13.9. The highest BCUT2D eigenvalue weighted by atomic mass is 35.5. The fraction of sp³-hybridized carbons (Fsp3) is 0.450. The Balaban J connectivity index is 1.40. The van der Waals surface area contributed by atoms with Crippen molar-refractivity contribution in [2.24, 2.45) is 11.1 Å². The van der Waals surface area contributed by atoms with Gasteiger partial charge in [-0.3, -0.25) is 5.10 Å². The predicted octanol–water partition coefficient (Wildman–Crippen LogP) is 4.37. The Morgan fingerprint density at radius 1 is 1.21 bits per heavy atom. The Bertz CT molecular complexity index is 1060. The Kier molecular flexibility index (Phi) is 4.64. The summed E-state index contributed by atoms with van der Waals surface area (Å²) in [6, 6.07) is 5.08. The third-order valence-electron chi connectivity index (χ3n) is 6.57. The molecule has 3 aromatic rings. The van der Waals surface area contributed by atoms with Crippen LogP contribution < -0.4 is 10.6 Å². The molecule has 1 saturated carbocycles. The van der Waals surface area contributed by atoms with Crippen molar-refractivity contribution in [1.29, 1.82) is 0 Å². The molecule has 29 heavy (non-hydrogen) atoms. The second-order valence-corrected chi connectivity index (χ2v) is 8.82. The van der Waals surface area contributed by atoms with E-state index in [2.05, 4.69) is 25.1 Å². The Labute approximate surface area is 177 Å². The highest BCUT2D eigenvalue weighted by Gasteiger charge is 2.48. The summed E-state index contributed by atoms with van der Waals surface area (Å²) in [5.74, 6) is 0.769. The number of piperidine rings is 1. The van der Waals surface area contributed by atoms with Crippen molar-refractivity contribution in [1.82, 2.24) is 20.2 Å². The molecule has 2 atom stereocenters. The normalized spacial score (nSPS) is 23.9. The number of nitrogens with two attached hydrogens (primary N) is 1. The molecule has 1 aliphatic carbocycles. The van der Waals surface area contributed by atoms with E-state index >= 15 is 0 Å². The van der Waals surface area contributed by atoms with Crippen LogP contribution >= 0.6 is 23.2 Å². The van der Waals surface area contributed by atoms with Gasteiger partial charge in [-0.1, -0.05) is 35.3 Å². The highest BCUT2D eigenvalue weighted by molar-refractivity contribution is 6.43. The van der Waals surface area contributed by atoms with Crippen LogP contribution in [0.25, 0.3) is 22.4 Å².